The fourth-order valence-corrected chi connectivity index (χ4v) is 2.69. The predicted octanol–water partition coefficient (Wildman–Crippen LogP) is 0.836. The Kier molecular flexibility index (Phi) is 3.10. The smallest absolute Gasteiger partial charge is 0.334 e. The average molecular weight is 224 g/mol. The summed E-state index contributed by atoms with van der Waals surface area (Å²) < 4.78 is 4.93. The minimum Gasteiger partial charge on any atom is -0.463 e. The number of aliphatic hydroxyl groups is 1. The maximum atomic E-state index is 11.7. The molecular formula is C12H16O4. The molecule has 0 bridgehead atoms. The summed E-state index contributed by atoms with van der Waals surface area (Å²) in [5, 5.41) is 9.78. The molecule has 0 unspecified atom stereocenters. The van der Waals surface area contributed by atoms with E-state index in [9.17, 15) is 14.7 Å². The van der Waals surface area contributed by atoms with Crippen LogP contribution in [-0.2, 0) is 14.3 Å². The predicted molar refractivity (Wildman–Crippen MR) is 56.6 cm³/mol. The molecule has 0 radical (unpaired) electrons. The molecule has 3 atom stereocenters. The Morgan fingerprint density at radius 3 is 3.06 bits per heavy atom. The maximum Gasteiger partial charge on any atom is 0.334 e. The largest absolute Gasteiger partial charge is 0.463 e. The molecule has 0 saturated heterocycles. The van der Waals surface area contributed by atoms with Crippen LogP contribution in [0.2, 0.25) is 0 Å². The topological polar surface area (TPSA) is 63.6 Å². The minimum absolute atomic E-state index is 0.0688. The quantitative estimate of drug-likeness (QED) is 0.706. The van der Waals surface area contributed by atoms with Gasteiger partial charge in [-0.1, -0.05) is 0 Å². The van der Waals surface area contributed by atoms with Crippen molar-refractivity contribution in [3.63, 3.8) is 0 Å². The molecule has 0 spiro atoms. The lowest BCUT2D eigenvalue weighted by atomic mass is 9.77. The molecule has 0 amide bonds. The van der Waals surface area contributed by atoms with Crippen molar-refractivity contribution in [2.75, 3.05) is 6.61 Å². The first-order valence-electron chi connectivity index (χ1n) is 5.74. The number of esters is 1. The van der Waals surface area contributed by atoms with E-state index in [0.717, 1.165) is 12.8 Å². The van der Waals surface area contributed by atoms with Crippen molar-refractivity contribution < 1.29 is 19.4 Å². The van der Waals surface area contributed by atoms with Gasteiger partial charge in [-0.25, -0.2) is 4.79 Å². The molecule has 0 aromatic carbocycles. The van der Waals surface area contributed by atoms with Crippen LogP contribution in [-0.4, -0.2) is 29.6 Å². The van der Waals surface area contributed by atoms with Crippen LogP contribution < -0.4 is 0 Å². The zero-order chi connectivity index (χ0) is 11.7. The molecule has 0 aromatic heterocycles. The van der Waals surface area contributed by atoms with Crippen molar-refractivity contribution >= 4 is 11.8 Å². The monoisotopic (exact) mass is 224 g/mol. The molecule has 0 aliphatic heterocycles. The van der Waals surface area contributed by atoms with Crippen molar-refractivity contribution in [2.45, 2.75) is 32.3 Å². The standard InChI is InChI=1S/C12H16O4/c1-2-16-12(15)8-6-10(14)11-7(8)4-3-5-9(11)13/h6-7,10-11,14H,2-5H2,1H3/t7-,10+,11+/m1/s1. The Labute approximate surface area is 94.3 Å². The molecule has 1 saturated carbocycles. The Hall–Kier alpha value is -1.16. The number of rotatable bonds is 2. The van der Waals surface area contributed by atoms with Crippen LogP contribution in [0, 0.1) is 11.8 Å². The highest BCUT2D eigenvalue weighted by molar-refractivity contribution is 5.94. The SMILES string of the molecule is CCOC(=O)C1=C[C@H](O)[C@@H]2C(=O)CCC[C@H]12. The Balaban J connectivity index is 2.19. The van der Waals surface area contributed by atoms with E-state index in [-0.39, 0.29) is 17.7 Å². The molecule has 2 aliphatic carbocycles. The Bertz CT molecular complexity index is 345. The van der Waals surface area contributed by atoms with E-state index in [1.54, 1.807) is 6.92 Å². The summed E-state index contributed by atoms with van der Waals surface area (Å²) in [7, 11) is 0. The Morgan fingerprint density at radius 1 is 1.62 bits per heavy atom. The van der Waals surface area contributed by atoms with Crippen LogP contribution in [0.25, 0.3) is 0 Å². The lowest BCUT2D eigenvalue weighted by Gasteiger charge is -2.27. The number of carbonyl (C=O) groups excluding carboxylic acids is 2. The summed E-state index contributed by atoms with van der Waals surface area (Å²) in [4.78, 5) is 23.3. The van der Waals surface area contributed by atoms with Crippen molar-refractivity contribution in [3.8, 4) is 0 Å². The highest BCUT2D eigenvalue weighted by atomic mass is 16.5. The lowest BCUT2D eigenvalue weighted by Crippen LogP contribution is -2.33. The molecule has 4 heteroatoms. The van der Waals surface area contributed by atoms with Gasteiger partial charge in [-0.2, -0.15) is 0 Å². The van der Waals surface area contributed by atoms with Gasteiger partial charge in [0.25, 0.3) is 0 Å². The van der Waals surface area contributed by atoms with Gasteiger partial charge in [-0.15, -0.1) is 0 Å². The molecule has 16 heavy (non-hydrogen) atoms. The highest BCUT2D eigenvalue weighted by Crippen LogP contribution is 2.41. The summed E-state index contributed by atoms with van der Waals surface area (Å²) in [6.07, 6.45) is 2.79. The molecular weight excluding hydrogens is 208 g/mol. The molecule has 1 fully saturated rings. The second-order valence-corrected chi connectivity index (χ2v) is 4.32. The van der Waals surface area contributed by atoms with Crippen LogP contribution in [0.1, 0.15) is 26.2 Å². The van der Waals surface area contributed by atoms with Gasteiger partial charge in [0.2, 0.25) is 0 Å². The summed E-state index contributed by atoms with van der Waals surface area (Å²) in [5.41, 5.74) is 0.493. The molecule has 0 aromatic rings. The van der Waals surface area contributed by atoms with Crippen LogP contribution in [0.3, 0.4) is 0 Å². The molecule has 2 aliphatic rings. The number of fused-ring (bicyclic) bond motifs is 1. The van der Waals surface area contributed by atoms with Crippen molar-refractivity contribution in [3.05, 3.63) is 11.6 Å². The van der Waals surface area contributed by atoms with Gasteiger partial charge in [0, 0.05) is 17.9 Å². The van der Waals surface area contributed by atoms with E-state index < -0.39 is 12.0 Å². The summed E-state index contributed by atoms with van der Waals surface area (Å²) in [6.45, 7) is 2.06. The third kappa shape index (κ3) is 1.78. The van der Waals surface area contributed by atoms with Crippen molar-refractivity contribution in [1.82, 2.24) is 0 Å². The first kappa shape index (κ1) is 11.3. The zero-order valence-corrected chi connectivity index (χ0v) is 9.31. The van der Waals surface area contributed by atoms with E-state index in [2.05, 4.69) is 0 Å². The number of ketones is 1. The third-order valence-electron chi connectivity index (χ3n) is 3.37. The summed E-state index contributed by atoms with van der Waals surface area (Å²) in [5.74, 6) is -0.855. The number of aliphatic hydroxyl groups excluding tert-OH is 1. The van der Waals surface area contributed by atoms with E-state index in [0.29, 0.717) is 18.6 Å². The summed E-state index contributed by atoms with van der Waals surface area (Å²) in [6, 6.07) is 0. The van der Waals surface area contributed by atoms with Gasteiger partial charge >= 0.3 is 5.97 Å². The highest BCUT2D eigenvalue weighted by Gasteiger charge is 2.45. The van der Waals surface area contributed by atoms with Crippen LogP contribution in [0.15, 0.2) is 11.6 Å². The van der Waals surface area contributed by atoms with Gasteiger partial charge < -0.3 is 9.84 Å². The second kappa shape index (κ2) is 4.37. The number of hydrogen-bond donors (Lipinski definition) is 1. The first-order valence-corrected chi connectivity index (χ1v) is 5.74. The fourth-order valence-electron chi connectivity index (χ4n) is 2.69. The number of carbonyl (C=O) groups is 2. The maximum absolute atomic E-state index is 11.7. The number of ether oxygens (including phenoxy) is 1. The number of Topliss-reactive ketones (excluding diaryl/α,β-unsaturated/α-hetero) is 1. The normalized spacial score (nSPS) is 33.2. The number of hydrogen-bond acceptors (Lipinski definition) is 4. The van der Waals surface area contributed by atoms with Crippen LogP contribution in [0.4, 0.5) is 0 Å². The fraction of sp³-hybridized carbons (Fsp3) is 0.667. The van der Waals surface area contributed by atoms with Gasteiger partial charge in [-0.05, 0) is 25.8 Å². The minimum atomic E-state index is -0.808. The second-order valence-electron chi connectivity index (χ2n) is 4.32. The molecule has 88 valence electrons. The van der Waals surface area contributed by atoms with E-state index in [4.69, 9.17) is 4.74 Å². The molecule has 4 nitrogen and oxygen atoms in total. The molecule has 1 N–H and O–H groups in total. The molecule has 0 heterocycles. The van der Waals surface area contributed by atoms with Crippen LogP contribution >= 0.6 is 0 Å². The van der Waals surface area contributed by atoms with Crippen molar-refractivity contribution in [1.29, 1.82) is 0 Å². The van der Waals surface area contributed by atoms with Gasteiger partial charge in [0.05, 0.1) is 18.6 Å². The van der Waals surface area contributed by atoms with E-state index in [1.165, 1.54) is 6.08 Å². The summed E-state index contributed by atoms with van der Waals surface area (Å²) >= 11 is 0. The van der Waals surface area contributed by atoms with Crippen molar-refractivity contribution in [2.24, 2.45) is 11.8 Å². The molecule has 2 rings (SSSR count). The van der Waals surface area contributed by atoms with Gasteiger partial charge in [0.1, 0.15) is 5.78 Å². The first-order chi connectivity index (χ1) is 7.65. The van der Waals surface area contributed by atoms with Gasteiger partial charge in [0.15, 0.2) is 0 Å². The van der Waals surface area contributed by atoms with E-state index in [1.807, 2.05) is 0 Å². The zero-order valence-electron chi connectivity index (χ0n) is 9.31. The lowest BCUT2D eigenvalue weighted by molar-refractivity contribution is -0.139. The van der Waals surface area contributed by atoms with E-state index >= 15 is 0 Å². The Morgan fingerprint density at radius 2 is 2.38 bits per heavy atom. The van der Waals surface area contributed by atoms with Gasteiger partial charge in [-0.3, -0.25) is 4.79 Å². The van der Waals surface area contributed by atoms with Crippen LogP contribution in [0.5, 0.6) is 0 Å². The average Bonchev–Trinajstić information content (AvgIpc) is 2.58. The third-order valence-corrected chi connectivity index (χ3v) is 3.37.